The topological polar surface area (TPSA) is 22.7 Å². The normalized spacial score (nSPS) is 15.5. The molecule has 1 aliphatic rings. The molecule has 0 spiro atoms. The van der Waals surface area contributed by atoms with E-state index < -0.39 is 0 Å². The Labute approximate surface area is 275 Å². The van der Waals surface area contributed by atoms with Crippen molar-refractivity contribution in [3.05, 3.63) is 120 Å². The minimum atomic E-state index is 0.467. The van der Waals surface area contributed by atoms with Crippen molar-refractivity contribution in [2.45, 2.75) is 40.7 Å². The molecule has 0 bridgehead atoms. The molecule has 1 aromatic heterocycles. The summed E-state index contributed by atoms with van der Waals surface area (Å²) in [5.74, 6) is 2.71. The van der Waals surface area contributed by atoms with E-state index in [0.29, 0.717) is 5.92 Å². The number of rotatable bonds is 19. The predicted octanol–water partition coefficient (Wildman–Crippen LogP) is 8.91. The summed E-state index contributed by atoms with van der Waals surface area (Å²) < 4.78 is 2.25. The number of hydrogen-bond acceptors (Lipinski definition) is 5. The fraction of sp³-hybridized carbons (Fsp3) is 0.368. The summed E-state index contributed by atoms with van der Waals surface area (Å²) in [6.07, 6.45) is 29.0. The number of allylic oxidation sites excluding steroid dienone is 9. The molecule has 1 aliphatic carbocycles. The van der Waals surface area contributed by atoms with Crippen molar-refractivity contribution >= 4 is 45.6 Å². The minimum absolute atomic E-state index is 0.467. The second-order valence-corrected chi connectivity index (χ2v) is 13.0. The zero-order chi connectivity index (χ0) is 31.2. The third kappa shape index (κ3) is 12.8. The van der Waals surface area contributed by atoms with Gasteiger partial charge >= 0.3 is 0 Å². The summed E-state index contributed by atoms with van der Waals surface area (Å²) in [6.45, 7) is 14.7. The quantitative estimate of drug-likeness (QED) is 0.0510. The van der Waals surface area contributed by atoms with E-state index in [-0.39, 0.29) is 0 Å². The van der Waals surface area contributed by atoms with Crippen LogP contribution in [-0.2, 0) is 6.54 Å². The molecular formula is C38H51N4S2+. The van der Waals surface area contributed by atoms with Gasteiger partial charge in [-0.1, -0.05) is 76.3 Å². The molecule has 0 saturated carbocycles. The van der Waals surface area contributed by atoms with Gasteiger partial charge in [0.2, 0.25) is 5.69 Å². The average molecular weight is 628 g/mol. The molecule has 0 radical (unpaired) electrons. The van der Waals surface area contributed by atoms with Crippen molar-refractivity contribution < 1.29 is 4.57 Å². The van der Waals surface area contributed by atoms with Crippen LogP contribution in [0, 0.1) is 5.92 Å². The SMILES string of the molecule is CCN=C\C=C/C=C/C=C/C1C=CC(N(CC)CCSSCCN(CC)c2ccc(/C=C/c3cccc[n+]3CC)cc2)=CC1. The predicted molar refractivity (Wildman–Crippen MR) is 200 cm³/mol. The summed E-state index contributed by atoms with van der Waals surface area (Å²) in [7, 11) is 3.99. The molecule has 1 atom stereocenters. The molecule has 1 heterocycles. The number of aliphatic imine (C=N–C) groups is 1. The average Bonchev–Trinajstić information content (AvgIpc) is 3.07. The first-order chi connectivity index (χ1) is 21.7. The fourth-order valence-electron chi connectivity index (χ4n) is 4.88. The second kappa shape index (κ2) is 21.5. The van der Waals surface area contributed by atoms with Gasteiger partial charge in [0, 0.05) is 80.0 Å². The van der Waals surface area contributed by atoms with Crippen LogP contribution in [0.15, 0.2) is 114 Å². The molecule has 0 amide bonds. The molecule has 1 unspecified atom stereocenters. The third-order valence-electron chi connectivity index (χ3n) is 7.41. The number of anilines is 1. The van der Waals surface area contributed by atoms with Gasteiger partial charge in [-0.15, -0.1) is 0 Å². The second-order valence-electron chi connectivity index (χ2n) is 10.3. The van der Waals surface area contributed by atoms with Gasteiger partial charge < -0.3 is 9.80 Å². The molecule has 4 nitrogen and oxygen atoms in total. The van der Waals surface area contributed by atoms with Crippen molar-refractivity contribution in [1.29, 1.82) is 0 Å². The first kappa shape index (κ1) is 35.3. The maximum Gasteiger partial charge on any atom is 0.205 e. The van der Waals surface area contributed by atoms with Gasteiger partial charge in [0.25, 0.3) is 0 Å². The number of nitrogens with zero attached hydrogens (tertiary/aromatic N) is 4. The van der Waals surface area contributed by atoms with Gasteiger partial charge in [0.1, 0.15) is 6.54 Å². The molecule has 0 N–H and O–H groups in total. The lowest BCUT2D eigenvalue weighted by Crippen LogP contribution is -2.34. The van der Waals surface area contributed by atoms with E-state index in [1.54, 1.807) is 0 Å². The largest absolute Gasteiger partial charge is 0.371 e. The Kier molecular flexibility index (Phi) is 17.2. The van der Waals surface area contributed by atoms with Crippen LogP contribution in [0.4, 0.5) is 5.69 Å². The van der Waals surface area contributed by atoms with Crippen LogP contribution in [0.1, 0.15) is 45.4 Å². The smallest absolute Gasteiger partial charge is 0.205 e. The van der Waals surface area contributed by atoms with Gasteiger partial charge in [-0.3, -0.25) is 4.99 Å². The first-order valence-corrected chi connectivity index (χ1v) is 18.6. The summed E-state index contributed by atoms with van der Waals surface area (Å²) >= 11 is 0. The highest BCUT2D eigenvalue weighted by molar-refractivity contribution is 8.76. The van der Waals surface area contributed by atoms with Crippen molar-refractivity contribution in [1.82, 2.24) is 4.90 Å². The molecule has 3 rings (SSSR count). The molecule has 0 aliphatic heterocycles. The monoisotopic (exact) mass is 627 g/mol. The van der Waals surface area contributed by atoms with E-state index in [1.807, 2.05) is 53.0 Å². The molecule has 2 aromatic rings. The lowest BCUT2D eigenvalue weighted by Gasteiger charge is -2.27. The molecule has 0 saturated heterocycles. The highest BCUT2D eigenvalue weighted by atomic mass is 33.1. The summed E-state index contributed by atoms with van der Waals surface area (Å²) in [4.78, 5) is 9.14. The van der Waals surface area contributed by atoms with Gasteiger partial charge in [0.15, 0.2) is 6.20 Å². The molecule has 0 fully saturated rings. The van der Waals surface area contributed by atoms with Crippen LogP contribution in [0.5, 0.6) is 0 Å². The molecule has 44 heavy (non-hydrogen) atoms. The minimum Gasteiger partial charge on any atom is -0.371 e. The Morgan fingerprint density at radius 1 is 0.841 bits per heavy atom. The van der Waals surface area contributed by atoms with E-state index in [0.717, 1.165) is 57.2 Å². The summed E-state index contributed by atoms with van der Waals surface area (Å²) in [5, 5.41) is 0. The van der Waals surface area contributed by atoms with Crippen LogP contribution in [0.3, 0.4) is 0 Å². The van der Waals surface area contributed by atoms with Crippen LogP contribution in [0.2, 0.25) is 0 Å². The molecular weight excluding hydrogens is 577 g/mol. The van der Waals surface area contributed by atoms with Crippen LogP contribution < -0.4 is 9.47 Å². The van der Waals surface area contributed by atoms with E-state index in [1.165, 1.54) is 22.6 Å². The Balaban J connectivity index is 1.35. The van der Waals surface area contributed by atoms with Gasteiger partial charge in [-0.2, -0.15) is 4.57 Å². The first-order valence-electron chi connectivity index (χ1n) is 16.1. The van der Waals surface area contributed by atoms with Crippen molar-refractivity contribution in [3.8, 4) is 0 Å². The summed E-state index contributed by atoms with van der Waals surface area (Å²) in [5.41, 5.74) is 5.11. The highest BCUT2D eigenvalue weighted by Gasteiger charge is 2.11. The van der Waals surface area contributed by atoms with Crippen molar-refractivity contribution in [2.75, 3.05) is 49.1 Å². The molecule has 6 heteroatoms. The standard InChI is InChI=1S/C38H51N4S2/c1-5-39-28-14-11-9-10-12-16-34-18-24-37(25-19-34)41(7-3)30-32-43-44-33-31-42(8-4)38-26-21-35(22-27-38)20-23-36-17-13-15-29-40(36)6-2/h9-18,20-29,34H,5-8,19,30-33H2,1-4H3/q+1/b10-9+,14-11-,16-12+,39-28?. The molecule has 1 aromatic carbocycles. The van der Waals surface area contributed by atoms with E-state index >= 15 is 0 Å². The third-order valence-corrected chi connectivity index (χ3v) is 9.78. The number of benzene rings is 1. The van der Waals surface area contributed by atoms with Gasteiger partial charge in [-0.25, -0.2) is 0 Å². The zero-order valence-electron chi connectivity index (χ0n) is 27.1. The maximum atomic E-state index is 4.17. The van der Waals surface area contributed by atoms with Gasteiger partial charge in [0.05, 0.1) is 0 Å². The van der Waals surface area contributed by atoms with Crippen LogP contribution in [0.25, 0.3) is 12.2 Å². The number of aryl methyl sites for hydroxylation is 1. The summed E-state index contributed by atoms with van der Waals surface area (Å²) in [6, 6.07) is 15.3. The highest BCUT2D eigenvalue weighted by Crippen LogP contribution is 2.25. The van der Waals surface area contributed by atoms with Crippen LogP contribution in [-0.4, -0.2) is 55.3 Å². The number of likely N-dealkylation sites (N-methyl/N-ethyl adjacent to an activating group) is 1. The zero-order valence-corrected chi connectivity index (χ0v) is 28.7. The lowest BCUT2D eigenvalue weighted by atomic mass is 9.98. The lowest BCUT2D eigenvalue weighted by molar-refractivity contribution is -0.695. The van der Waals surface area contributed by atoms with Crippen LogP contribution >= 0.6 is 21.6 Å². The number of pyridine rings is 1. The number of hydrogen-bond donors (Lipinski definition) is 0. The van der Waals surface area contributed by atoms with Crippen molar-refractivity contribution in [3.63, 3.8) is 0 Å². The molecule has 234 valence electrons. The fourth-order valence-corrected chi connectivity index (χ4v) is 6.86. The number of aromatic nitrogens is 1. The van der Waals surface area contributed by atoms with Gasteiger partial charge in [-0.05, 0) is 82.0 Å². The Bertz CT molecular complexity index is 1300. The Hall–Kier alpha value is -3.22. The van der Waals surface area contributed by atoms with E-state index in [9.17, 15) is 0 Å². The maximum absolute atomic E-state index is 4.17. The van der Waals surface area contributed by atoms with E-state index in [4.69, 9.17) is 0 Å². The van der Waals surface area contributed by atoms with E-state index in [2.05, 4.69) is 137 Å². The Morgan fingerprint density at radius 3 is 2.25 bits per heavy atom. The van der Waals surface area contributed by atoms with Crippen molar-refractivity contribution in [2.24, 2.45) is 10.9 Å². The Morgan fingerprint density at radius 2 is 1.57 bits per heavy atom.